The fourth-order valence-corrected chi connectivity index (χ4v) is 5.27. The molecule has 2 saturated heterocycles. The molecule has 0 bridgehead atoms. The lowest BCUT2D eigenvalue weighted by Gasteiger charge is -2.42. The number of rotatable bonds is 5. The third kappa shape index (κ3) is 4.97. The van der Waals surface area contributed by atoms with Crippen molar-refractivity contribution in [3.8, 4) is 6.07 Å². The predicted molar refractivity (Wildman–Crippen MR) is 121 cm³/mol. The Morgan fingerprint density at radius 3 is 2.63 bits per heavy atom. The molecule has 2 aromatic rings. The van der Waals surface area contributed by atoms with E-state index in [1.165, 1.54) is 12.1 Å². The first-order valence-corrected chi connectivity index (χ1v) is 11.5. The number of imidazole rings is 1. The van der Waals surface area contributed by atoms with Crippen LogP contribution in [0.4, 0.5) is 18.9 Å². The first-order valence-electron chi connectivity index (χ1n) is 11.5. The van der Waals surface area contributed by atoms with Crippen molar-refractivity contribution in [2.45, 2.75) is 32.0 Å². The molecule has 1 aromatic carbocycles. The minimum atomic E-state index is -4.65. The number of halogens is 3. The molecular formula is C24H27F3N6O2. The van der Waals surface area contributed by atoms with Crippen molar-refractivity contribution < 1.29 is 22.8 Å². The summed E-state index contributed by atoms with van der Waals surface area (Å²) >= 11 is 0. The number of amides is 2. The highest BCUT2D eigenvalue weighted by molar-refractivity contribution is 5.81. The van der Waals surface area contributed by atoms with Crippen molar-refractivity contribution in [3.05, 3.63) is 48.0 Å². The molecular weight excluding hydrogens is 461 g/mol. The van der Waals surface area contributed by atoms with Gasteiger partial charge in [0, 0.05) is 69.7 Å². The molecule has 11 heteroatoms. The van der Waals surface area contributed by atoms with Crippen LogP contribution in [0, 0.1) is 22.7 Å². The highest BCUT2D eigenvalue weighted by atomic mass is 19.4. The van der Waals surface area contributed by atoms with E-state index in [9.17, 15) is 22.8 Å². The lowest BCUT2D eigenvalue weighted by Crippen LogP contribution is -2.49. The van der Waals surface area contributed by atoms with Gasteiger partial charge in [-0.3, -0.25) is 9.59 Å². The molecule has 186 valence electrons. The number of carbonyl (C=O) groups is 2. The van der Waals surface area contributed by atoms with Gasteiger partial charge in [0.05, 0.1) is 29.4 Å². The van der Waals surface area contributed by atoms with Crippen LogP contribution in [0.1, 0.15) is 30.4 Å². The zero-order valence-corrected chi connectivity index (χ0v) is 19.4. The van der Waals surface area contributed by atoms with Crippen molar-refractivity contribution in [2.24, 2.45) is 11.3 Å². The predicted octanol–water partition coefficient (Wildman–Crippen LogP) is 2.65. The maximum absolute atomic E-state index is 13.5. The van der Waals surface area contributed by atoms with Gasteiger partial charge in [0.25, 0.3) is 0 Å². The number of hydrogen-bond acceptors (Lipinski definition) is 5. The summed E-state index contributed by atoms with van der Waals surface area (Å²) in [5.41, 5.74) is -1.53. The summed E-state index contributed by atoms with van der Waals surface area (Å²) < 4.78 is 42.4. The summed E-state index contributed by atoms with van der Waals surface area (Å²) in [6.45, 7) is 2.20. The van der Waals surface area contributed by atoms with Crippen LogP contribution in [-0.2, 0) is 22.3 Å². The normalized spacial score (nSPS) is 19.6. The molecule has 2 amide bonds. The van der Waals surface area contributed by atoms with Gasteiger partial charge in [0.15, 0.2) is 0 Å². The number of nitrogens with one attached hydrogen (secondary N) is 1. The summed E-state index contributed by atoms with van der Waals surface area (Å²) in [5.74, 6) is -0.542. The van der Waals surface area contributed by atoms with Gasteiger partial charge in [-0.1, -0.05) is 0 Å². The van der Waals surface area contributed by atoms with Crippen LogP contribution in [0.3, 0.4) is 0 Å². The van der Waals surface area contributed by atoms with Crippen LogP contribution in [-0.4, -0.2) is 59.5 Å². The number of benzene rings is 1. The van der Waals surface area contributed by atoms with E-state index in [0.717, 1.165) is 6.07 Å². The van der Waals surface area contributed by atoms with Gasteiger partial charge in [-0.25, -0.2) is 4.98 Å². The van der Waals surface area contributed by atoms with Gasteiger partial charge in [-0.15, -0.1) is 0 Å². The van der Waals surface area contributed by atoms with Crippen LogP contribution in [0.5, 0.6) is 0 Å². The highest BCUT2D eigenvalue weighted by Gasteiger charge is 2.51. The molecule has 8 nitrogen and oxygen atoms in total. The number of carbonyl (C=O) groups excluding carboxylic acids is 2. The standard InChI is InChI=1S/C24H27F3N6O2/c1-29-22(35)20-14-33(18-3-2-17(13-28)19(12-18)24(25,26)27)15-23(20)5-9-32(10-6-23)21(34)4-8-31-11-7-30-16-31/h2-3,7,11-12,16,20H,4-6,8-10,14-15H2,1H3,(H,29,35). The molecule has 1 N–H and O–H groups in total. The number of likely N-dealkylation sites (tertiary alicyclic amines) is 1. The van der Waals surface area contributed by atoms with E-state index >= 15 is 0 Å². The van der Waals surface area contributed by atoms with Gasteiger partial charge < -0.3 is 19.7 Å². The average Bonchev–Trinajstić information content (AvgIpc) is 3.50. The Balaban J connectivity index is 1.50. The zero-order chi connectivity index (χ0) is 25.2. The topological polar surface area (TPSA) is 94.3 Å². The van der Waals surface area contributed by atoms with Crippen molar-refractivity contribution in [3.63, 3.8) is 0 Å². The summed E-state index contributed by atoms with van der Waals surface area (Å²) in [6.07, 6.45) is 1.98. The fourth-order valence-electron chi connectivity index (χ4n) is 5.27. The van der Waals surface area contributed by atoms with Gasteiger partial charge in [0.1, 0.15) is 0 Å². The molecule has 1 spiro atoms. The first kappa shape index (κ1) is 24.6. The van der Waals surface area contributed by atoms with Gasteiger partial charge in [0.2, 0.25) is 11.8 Å². The number of anilines is 1. The average molecular weight is 489 g/mol. The minimum absolute atomic E-state index is 0.0295. The Kier molecular flexibility index (Phi) is 6.74. The van der Waals surface area contributed by atoms with Gasteiger partial charge >= 0.3 is 6.18 Å². The van der Waals surface area contributed by atoms with E-state index in [2.05, 4.69) is 10.3 Å². The third-order valence-electron chi connectivity index (χ3n) is 7.26. The van der Waals surface area contributed by atoms with Crippen LogP contribution < -0.4 is 10.2 Å². The molecule has 2 aliphatic heterocycles. The Hall–Kier alpha value is -3.55. The zero-order valence-electron chi connectivity index (χ0n) is 19.4. The van der Waals surface area contributed by atoms with Gasteiger partial charge in [-0.05, 0) is 31.0 Å². The van der Waals surface area contributed by atoms with Crippen LogP contribution >= 0.6 is 0 Å². The Labute approximate surface area is 201 Å². The maximum atomic E-state index is 13.5. The van der Waals surface area contributed by atoms with Crippen LogP contribution in [0.15, 0.2) is 36.9 Å². The molecule has 1 aromatic heterocycles. The van der Waals surface area contributed by atoms with Gasteiger partial charge in [-0.2, -0.15) is 18.4 Å². The van der Waals surface area contributed by atoms with Crippen molar-refractivity contribution in [2.75, 3.05) is 38.1 Å². The Bertz CT molecular complexity index is 1120. The SMILES string of the molecule is CNC(=O)C1CN(c2ccc(C#N)c(C(F)(F)F)c2)CC12CCN(C(=O)CCn1ccnc1)CC2. The van der Waals surface area contributed by atoms with Crippen molar-refractivity contribution in [1.82, 2.24) is 19.8 Å². The number of alkyl halides is 3. The number of nitrogens with zero attached hydrogens (tertiary/aromatic N) is 5. The molecule has 4 rings (SSSR count). The van der Waals surface area contributed by atoms with E-state index in [0.29, 0.717) is 51.1 Å². The molecule has 1 atom stereocenters. The molecule has 0 aliphatic carbocycles. The van der Waals surface area contributed by atoms with E-state index in [1.54, 1.807) is 41.6 Å². The van der Waals surface area contributed by atoms with E-state index < -0.39 is 28.6 Å². The highest BCUT2D eigenvalue weighted by Crippen LogP contribution is 2.47. The minimum Gasteiger partial charge on any atom is -0.370 e. The monoisotopic (exact) mass is 488 g/mol. The second kappa shape index (κ2) is 9.60. The van der Waals surface area contributed by atoms with Crippen LogP contribution in [0.25, 0.3) is 0 Å². The number of aromatic nitrogens is 2. The second-order valence-electron chi connectivity index (χ2n) is 9.18. The van der Waals surface area contributed by atoms with E-state index in [-0.39, 0.29) is 18.4 Å². The molecule has 2 fully saturated rings. The lowest BCUT2D eigenvalue weighted by molar-refractivity contribution is -0.138. The number of piperidine rings is 1. The maximum Gasteiger partial charge on any atom is 0.417 e. The largest absolute Gasteiger partial charge is 0.417 e. The van der Waals surface area contributed by atoms with Crippen molar-refractivity contribution >= 4 is 17.5 Å². The van der Waals surface area contributed by atoms with E-state index in [4.69, 9.17) is 5.26 Å². The van der Waals surface area contributed by atoms with Crippen molar-refractivity contribution in [1.29, 1.82) is 5.26 Å². The number of aryl methyl sites for hydroxylation is 1. The first-order chi connectivity index (χ1) is 16.7. The Morgan fingerprint density at radius 2 is 2.03 bits per heavy atom. The molecule has 3 heterocycles. The third-order valence-corrected chi connectivity index (χ3v) is 7.26. The van der Waals surface area contributed by atoms with Crippen LogP contribution in [0.2, 0.25) is 0 Å². The summed E-state index contributed by atoms with van der Waals surface area (Å²) in [5, 5.41) is 11.8. The molecule has 1 unspecified atom stereocenters. The summed E-state index contributed by atoms with van der Waals surface area (Å²) in [6, 6.07) is 5.28. The molecule has 0 saturated carbocycles. The Morgan fingerprint density at radius 1 is 1.29 bits per heavy atom. The molecule has 35 heavy (non-hydrogen) atoms. The number of nitriles is 1. The quantitative estimate of drug-likeness (QED) is 0.699. The summed E-state index contributed by atoms with van der Waals surface area (Å²) in [4.78, 5) is 33.1. The second-order valence-corrected chi connectivity index (χ2v) is 9.18. The summed E-state index contributed by atoms with van der Waals surface area (Å²) in [7, 11) is 1.55. The molecule has 2 aliphatic rings. The molecule has 0 radical (unpaired) electrons. The lowest BCUT2D eigenvalue weighted by atomic mass is 9.70. The fraction of sp³-hybridized carbons (Fsp3) is 0.500. The smallest absolute Gasteiger partial charge is 0.370 e. The van der Waals surface area contributed by atoms with E-state index in [1.807, 2.05) is 4.57 Å². The number of hydrogen-bond donors (Lipinski definition) is 1.